The first-order valence-electron chi connectivity index (χ1n) is 7.24. The number of rotatable bonds is 3. The van der Waals surface area contributed by atoms with Gasteiger partial charge in [0.1, 0.15) is 11.6 Å². The highest BCUT2D eigenvalue weighted by atomic mass is 32.1. The molecule has 0 bridgehead atoms. The van der Waals surface area contributed by atoms with Crippen LogP contribution >= 0.6 is 11.3 Å². The van der Waals surface area contributed by atoms with Crippen molar-refractivity contribution in [3.63, 3.8) is 0 Å². The molecule has 2 heterocycles. The number of anilines is 2. The Morgan fingerprint density at radius 2 is 2.00 bits per heavy atom. The van der Waals surface area contributed by atoms with Crippen molar-refractivity contribution < 1.29 is 4.39 Å². The van der Waals surface area contributed by atoms with Gasteiger partial charge in [0.15, 0.2) is 0 Å². The number of nitrogens with one attached hydrogen (secondary N) is 1. The Bertz CT molecular complexity index is 1010. The molecule has 0 amide bonds. The van der Waals surface area contributed by atoms with E-state index in [1.807, 2.05) is 0 Å². The quantitative estimate of drug-likeness (QED) is 0.533. The molecule has 3 N–H and O–H groups in total. The Kier molecular flexibility index (Phi) is 3.35. The molecule has 114 valence electrons. The number of nitrogens with zero attached hydrogens (tertiary/aromatic N) is 1. The molecule has 2 aromatic heterocycles. The second-order valence-corrected chi connectivity index (χ2v) is 6.35. The summed E-state index contributed by atoms with van der Waals surface area (Å²) in [6.07, 6.45) is 1.23. The molecule has 0 unspecified atom stereocenters. The summed E-state index contributed by atoms with van der Waals surface area (Å²) in [4.78, 5) is 4.18. The normalized spacial score (nSPS) is 11.2. The number of hydrogen-bond donors (Lipinski definition) is 2. The number of nitrogen functional groups attached to an aromatic ring is 1. The van der Waals surface area contributed by atoms with Gasteiger partial charge in [-0.15, -0.1) is 11.3 Å². The second-order valence-electron chi connectivity index (χ2n) is 5.41. The molecule has 2 aromatic carbocycles. The minimum Gasteiger partial charge on any atom is -0.399 e. The van der Waals surface area contributed by atoms with Gasteiger partial charge in [-0.25, -0.2) is 9.37 Å². The number of benzene rings is 2. The van der Waals surface area contributed by atoms with Gasteiger partial charge >= 0.3 is 0 Å². The lowest BCUT2D eigenvalue weighted by Crippen LogP contribution is -2.02. The number of thiophene rings is 1. The van der Waals surface area contributed by atoms with E-state index in [1.54, 1.807) is 29.5 Å². The third kappa shape index (κ3) is 2.59. The molecule has 5 heteroatoms. The first-order chi connectivity index (χ1) is 11.2. The molecule has 0 spiro atoms. The van der Waals surface area contributed by atoms with Gasteiger partial charge in [-0.3, -0.25) is 0 Å². The van der Waals surface area contributed by atoms with E-state index in [0.29, 0.717) is 23.4 Å². The summed E-state index contributed by atoms with van der Waals surface area (Å²) in [6.45, 7) is 0.629. The van der Waals surface area contributed by atoms with Crippen molar-refractivity contribution in [2.24, 2.45) is 0 Å². The lowest BCUT2D eigenvalue weighted by molar-refractivity contribution is 0.634. The van der Waals surface area contributed by atoms with E-state index < -0.39 is 0 Å². The number of halogens is 1. The summed E-state index contributed by atoms with van der Waals surface area (Å²) in [5.41, 5.74) is 7.44. The van der Waals surface area contributed by atoms with Crippen molar-refractivity contribution in [2.45, 2.75) is 6.54 Å². The van der Waals surface area contributed by atoms with Crippen LogP contribution in [-0.4, -0.2) is 4.98 Å². The van der Waals surface area contributed by atoms with Crippen LogP contribution in [0.15, 0.2) is 54.0 Å². The van der Waals surface area contributed by atoms with Crippen LogP contribution in [0.5, 0.6) is 0 Å². The van der Waals surface area contributed by atoms with E-state index in [0.717, 1.165) is 10.9 Å². The number of nitrogens with two attached hydrogens (primary N) is 1. The first kappa shape index (κ1) is 14.0. The molecule has 0 aliphatic heterocycles. The smallest absolute Gasteiger partial charge is 0.149 e. The number of hydrogen-bond acceptors (Lipinski definition) is 4. The van der Waals surface area contributed by atoms with Crippen molar-refractivity contribution in [3.05, 3.63) is 65.4 Å². The molecule has 0 atom stereocenters. The van der Waals surface area contributed by atoms with E-state index >= 15 is 0 Å². The summed E-state index contributed by atoms with van der Waals surface area (Å²) >= 11 is 1.73. The highest BCUT2D eigenvalue weighted by Gasteiger charge is 2.08. The first-order valence-corrected chi connectivity index (χ1v) is 8.12. The van der Waals surface area contributed by atoms with E-state index in [9.17, 15) is 4.39 Å². The summed E-state index contributed by atoms with van der Waals surface area (Å²) in [6, 6.07) is 13.7. The highest BCUT2D eigenvalue weighted by Crippen LogP contribution is 2.27. The number of aromatic nitrogens is 1. The molecule has 4 rings (SSSR count). The van der Waals surface area contributed by atoms with Crippen LogP contribution in [0.25, 0.3) is 20.9 Å². The zero-order valence-corrected chi connectivity index (χ0v) is 13.0. The van der Waals surface area contributed by atoms with Crippen LogP contribution in [0.1, 0.15) is 5.56 Å². The van der Waals surface area contributed by atoms with Crippen molar-refractivity contribution in [1.82, 2.24) is 4.98 Å². The maximum absolute atomic E-state index is 13.9. The predicted octanol–water partition coefficient (Wildman–Crippen LogP) is 4.78. The summed E-state index contributed by atoms with van der Waals surface area (Å²) in [7, 11) is 0. The largest absolute Gasteiger partial charge is 0.399 e. The Morgan fingerprint density at radius 1 is 1.09 bits per heavy atom. The highest BCUT2D eigenvalue weighted by molar-refractivity contribution is 7.17. The van der Waals surface area contributed by atoms with Gasteiger partial charge in [0.05, 0.1) is 6.20 Å². The van der Waals surface area contributed by atoms with Crippen LogP contribution in [0.3, 0.4) is 0 Å². The number of fused-ring (bicyclic) bond motifs is 2. The molecule has 0 saturated carbocycles. The van der Waals surface area contributed by atoms with Crippen LogP contribution in [0.4, 0.5) is 15.9 Å². The molecular formula is C18H14FN3S. The molecule has 0 fully saturated rings. The van der Waals surface area contributed by atoms with Crippen LogP contribution in [0.2, 0.25) is 0 Å². The van der Waals surface area contributed by atoms with Gasteiger partial charge in [0.25, 0.3) is 0 Å². The Labute approximate surface area is 136 Å². The SMILES string of the molecule is Nc1ccc2c(NCc3ccc4sccc4c3)ncc(F)c2c1. The van der Waals surface area contributed by atoms with E-state index in [1.165, 1.54) is 16.3 Å². The fourth-order valence-corrected chi connectivity index (χ4v) is 3.45. The molecule has 0 aliphatic rings. The summed E-state index contributed by atoms with van der Waals surface area (Å²) < 4.78 is 15.2. The molecule has 0 radical (unpaired) electrons. The fourth-order valence-electron chi connectivity index (χ4n) is 2.68. The number of pyridine rings is 1. The minimum absolute atomic E-state index is 0.363. The molecule has 4 aromatic rings. The van der Waals surface area contributed by atoms with Crippen LogP contribution < -0.4 is 11.1 Å². The average Bonchev–Trinajstić information content (AvgIpc) is 3.02. The Morgan fingerprint density at radius 3 is 2.91 bits per heavy atom. The third-order valence-electron chi connectivity index (χ3n) is 3.84. The lowest BCUT2D eigenvalue weighted by Gasteiger charge is -2.10. The van der Waals surface area contributed by atoms with Crippen LogP contribution in [-0.2, 0) is 6.54 Å². The predicted molar refractivity (Wildman–Crippen MR) is 95.3 cm³/mol. The molecule has 0 saturated heterocycles. The Hall–Kier alpha value is -2.66. The minimum atomic E-state index is -0.363. The zero-order chi connectivity index (χ0) is 15.8. The Balaban J connectivity index is 1.66. The standard InChI is InChI=1S/C18H14FN3S/c19-16-10-22-18(14-3-2-13(20)8-15(14)16)21-9-11-1-4-17-12(7-11)5-6-23-17/h1-8,10H,9,20H2,(H,21,22). The second kappa shape index (κ2) is 5.52. The fraction of sp³-hybridized carbons (Fsp3) is 0.0556. The summed E-state index contributed by atoms with van der Waals surface area (Å²) in [5, 5.41) is 7.83. The van der Waals surface area contributed by atoms with Crippen molar-refractivity contribution in [3.8, 4) is 0 Å². The van der Waals surface area contributed by atoms with Crippen molar-refractivity contribution in [1.29, 1.82) is 0 Å². The molecule has 23 heavy (non-hydrogen) atoms. The van der Waals surface area contributed by atoms with Gasteiger partial charge in [-0.1, -0.05) is 6.07 Å². The summed E-state index contributed by atoms with van der Waals surface area (Å²) in [5.74, 6) is 0.296. The molecular weight excluding hydrogens is 309 g/mol. The zero-order valence-electron chi connectivity index (χ0n) is 12.2. The van der Waals surface area contributed by atoms with Gasteiger partial charge in [0, 0.05) is 27.7 Å². The lowest BCUT2D eigenvalue weighted by atomic mass is 10.1. The van der Waals surface area contributed by atoms with Gasteiger partial charge in [-0.05, 0) is 52.7 Å². The topological polar surface area (TPSA) is 50.9 Å². The maximum Gasteiger partial charge on any atom is 0.149 e. The van der Waals surface area contributed by atoms with Gasteiger partial charge in [-0.2, -0.15) is 0 Å². The van der Waals surface area contributed by atoms with E-state index in [2.05, 4.69) is 39.9 Å². The van der Waals surface area contributed by atoms with E-state index in [-0.39, 0.29) is 5.82 Å². The van der Waals surface area contributed by atoms with Gasteiger partial charge < -0.3 is 11.1 Å². The van der Waals surface area contributed by atoms with Crippen LogP contribution in [0, 0.1) is 5.82 Å². The molecule has 0 aliphatic carbocycles. The van der Waals surface area contributed by atoms with Gasteiger partial charge in [0.2, 0.25) is 0 Å². The third-order valence-corrected chi connectivity index (χ3v) is 4.74. The maximum atomic E-state index is 13.9. The average molecular weight is 323 g/mol. The van der Waals surface area contributed by atoms with Crippen molar-refractivity contribution in [2.75, 3.05) is 11.1 Å². The molecule has 3 nitrogen and oxygen atoms in total. The monoisotopic (exact) mass is 323 g/mol. The van der Waals surface area contributed by atoms with Crippen molar-refractivity contribution >= 4 is 43.7 Å². The van der Waals surface area contributed by atoms with E-state index in [4.69, 9.17) is 5.73 Å².